The Morgan fingerprint density at radius 2 is 1.97 bits per heavy atom. The summed E-state index contributed by atoms with van der Waals surface area (Å²) in [5.41, 5.74) is 3.29. The Bertz CT molecular complexity index is 1120. The summed E-state index contributed by atoms with van der Waals surface area (Å²) >= 11 is 6.31. The lowest BCUT2D eigenvalue weighted by Crippen LogP contribution is -2.43. The standard InChI is InChI=1S/C26H29ClFN5O/c1-29-21-8-10-33(11-9-21)25(17-34)19-5-3-7-22(13-19)32-26-14-24(23(27)16-31-26)30-15-18-4-2-6-20(28)12-18/h2-7,12-14,16-17,21,25,29H,8-11,15H2,1H3,(H2,30,31,32). The van der Waals surface area contributed by atoms with E-state index in [4.69, 9.17) is 11.6 Å². The van der Waals surface area contributed by atoms with Gasteiger partial charge < -0.3 is 20.7 Å². The maximum Gasteiger partial charge on any atom is 0.141 e. The second-order valence-electron chi connectivity index (χ2n) is 8.46. The first-order valence-electron chi connectivity index (χ1n) is 11.4. The molecule has 0 radical (unpaired) electrons. The molecule has 0 bridgehead atoms. The van der Waals surface area contributed by atoms with E-state index in [-0.39, 0.29) is 11.9 Å². The summed E-state index contributed by atoms with van der Waals surface area (Å²) in [5.74, 6) is 0.336. The molecule has 1 aliphatic heterocycles. The van der Waals surface area contributed by atoms with Gasteiger partial charge in [0.25, 0.3) is 0 Å². The highest BCUT2D eigenvalue weighted by Crippen LogP contribution is 2.28. The molecule has 6 nitrogen and oxygen atoms in total. The number of hydrogen-bond donors (Lipinski definition) is 3. The zero-order valence-corrected chi connectivity index (χ0v) is 19.9. The SMILES string of the molecule is CNC1CCN(C(C=O)c2cccc(Nc3cc(NCc4cccc(F)c4)c(Cl)cn3)c2)CC1. The minimum atomic E-state index is -0.277. The second-order valence-corrected chi connectivity index (χ2v) is 8.87. The highest BCUT2D eigenvalue weighted by Gasteiger charge is 2.25. The summed E-state index contributed by atoms with van der Waals surface area (Å²) in [6.07, 6.45) is 4.65. The number of nitrogens with one attached hydrogen (secondary N) is 3. The van der Waals surface area contributed by atoms with Crippen LogP contribution >= 0.6 is 11.6 Å². The Labute approximate surface area is 204 Å². The number of halogens is 2. The average molecular weight is 482 g/mol. The van der Waals surface area contributed by atoms with Crippen LogP contribution in [0, 0.1) is 5.82 Å². The van der Waals surface area contributed by atoms with Crippen LogP contribution in [0.4, 0.5) is 21.6 Å². The number of pyridine rings is 1. The first-order chi connectivity index (χ1) is 16.6. The zero-order valence-electron chi connectivity index (χ0n) is 19.1. The fraction of sp³-hybridized carbons (Fsp3) is 0.308. The first-order valence-corrected chi connectivity index (χ1v) is 11.8. The fourth-order valence-corrected chi connectivity index (χ4v) is 4.45. The monoisotopic (exact) mass is 481 g/mol. The molecule has 3 aromatic rings. The van der Waals surface area contributed by atoms with Gasteiger partial charge in [0.2, 0.25) is 0 Å². The molecule has 4 rings (SSSR count). The van der Waals surface area contributed by atoms with Crippen LogP contribution in [-0.2, 0) is 11.3 Å². The van der Waals surface area contributed by atoms with Gasteiger partial charge in [0.15, 0.2) is 0 Å². The van der Waals surface area contributed by atoms with Crippen molar-refractivity contribution >= 4 is 35.1 Å². The molecule has 1 saturated heterocycles. The van der Waals surface area contributed by atoms with E-state index in [1.165, 1.54) is 12.1 Å². The molecule has 1 aromatic heterocycles. The Kier molecular flexibility index (Phi) is 8.11. The molecule has 0 aliphatic carbocycles. The predicted molar refractivity (Wildman–Crippen MR) is 135 cm³/mol. The molecule has 8 heteroatoms. The molecular formula is C26H29ClFN5O. The van der Waals surface area contributed by atoms with E-state index in [1.54, 1.807) is 12.3 Å². The number of hydrogen-bond acceptors (Lipinski definition) is 6. The van der Waals surface area contributed by atoms with Crippen LogP contribution < -0.4 is 16.0 Å². The van der Waals surface area contributed by atoms with Crippen molar-refractivity contribution in [1.82, 2.24) is 15.2 Å². The molecule has 0 spiro atoms. The highest BCUT2D eigenvalue weighted by atomic mass is 35.5. The van der Waals surface area contributed by atoms with Crippen molar-refractivity contribution in [3.05, 3.63) is 82.8 Å². The molecule has 1 fully saturated rings. The van der Waals surface area contributed by atoms with Gasteiger partial charge in [-0.05, 0) is 55.3 Å². The van der Waals surface area contributed by atoms with Crippen molar-refractivity contribution in [2.24, 2.45) is 0 Å². The van der Waals surface area contributed by atoms with E-state index in [9.17, 15) is 9.18 Å². The normalized spacial score (nSPS) is 15.6. The van der Waals surface area contributed by atoms with Crippen LogP contribution in [-0.4, -0.2) is 42.3 Å². The van der Waals surface area contributed by atoms with E-state index in [0.717, 1.165) is 49.0 Å². The van der Waals surface area contributed by atoms with Gasteiger partial charge in [-0.25, -0.2) is 9.37 Å². The first kappa shape index (κ1) is 24.1. The molecule has 0 amide bonds. The highest BCUT2D eigenvalue weighted by molar-refractivity contribution is 6.33. The van der Waals surface area contributed by atoms with E-state index in [1.807, 2.05) is 43.4 Å². The van der Waals surface area contributed by atoms with Crippen LogP contribution in [0.3, 0.4) is 0 Å². The topological polar surface area (TPSA) is 69.3 Å². The molecule has 1 unspecified atom stereocenters. The van der Waals surface area contributed by atoms with Gasteiger partial charge in [0.1, 0.15) is 17.9 Å². The van der Waals surface area contributed by atoms with E-state index >= 15 is 0 Å². The van der Waals surface area contributed by atoms with Gasteiger partial charge in [0, 0.05) is 37.4 Å². The summed E-state index contributed by atoms with van der Waals surface area (Å²) in [4.78, 5) is 18.6. The van der Waals surface area contributed by atoms with Crippen LogP contribution in [0.1, 0.15) is 30.0 Å². The number of piperidine rings is 1. The maximum absolute atomic E-state index is 13.4. The third kappa shape index (κ3) is 6.11. The molecule has 1 atom stereocenters. The number of rotatable bonds is 9. The number of carbonyl (C=O) groups excluding carboxylic acids is 1. The Hall–Kier alpha value is -3.00. The van der Waals surface area contributed by atoms with Crippen LogP contribution in [0.5, 0.6) is 0 Å². The van der Waals surface area contributed by atoms with Gasteiger partial charge in [-0.15, -0.1) is 0 Å². The maximum atomic E-state index is 13.4. The lowest BCUT2D eigenvalue weighted by molar-refractivity contribution is -0.113. The summed E-state index contributed by atoms with van der Waals surface area (Å²) in [6.45, 7) is 2.19. The number of anilines is 3. The molecule has 1 aliphatic rings. The molecule has 178 valence electrons. The minimum absolute atomic E-state index is 0.276. The number of nitrogens with zero attached hydrogens (tertiary/aromatic N) is 2. The smallest absolute Gasteiger partial charge is 0.141 e. The lowest BCUT2D eigenvalue weighted by atomic mass is 9.99. The number of carbonyl (C=O) groups is 1. The van der Waals surface area contributed by atoms with E-state index in [0.29, 0.717) is 29.1 Å². The van der Waals surface area contributed by atoms with Crippen LogP contribution in [0.25, 0.3) is 0 Å². The molecule has 2 heterocycles. The zero-order chi connectivity index (χ0) is 23.9. The molecule has 34 heavy (non-hydrogen) atoms. The van der Waals surface area contributed by atoms with Crippen molar-refractivity contribution in [2.75, 3.05) is 30.8 Å². The van der Waals surface area contributed by atoms with Gasteiger partial charge >= 0.3 is 0 Å². The van der Waals surface area contributed by atoms with Gasteiger partial charge in [-0.3, -0.25) is 4.90 Å². The van der Waals surface area contributed by atoms with E-state index in [2.05, 4.69) is 25.8 Å². The number of aldehydes is 1. The Balaban J connectivity index is 1.45. The Morgan fingerprint density at radius 1 is 1.18 bits per heavy atom. The molecule has 0 saturated carbocycles. The van der Waals surface area contributed by atoms with Crippen molar-refractivity contribution < 1.29 is 9.18 Å². The van der Waals surface area contributed by atoms with Crippen LogP contribution in [0.2, 0.25) is 5.02 Å². The molecule has 3 N–H and O–H groups in total. The van der Waals surface area contributed by atoms with Crippen molar-refractivity contribution in [3.8, 4) is 0 Å². The second kappa shape index (κ2) is 11.4. The summed E-state index contributed by atoms with van der Waals surface area (Å²) in [7, 11) is 1.99. The van der Waals surface area contributed by atoms with Gasteiger partial charge in [-0.2, -0.15) is 0 Å². The van der Waals surface area contributed by atoms with Crippen LogP contribution in [0.15, 0.2) is 60.8 Å². The third-order valence-corrected chi connectivity index (χ3v) is 6.49. The predicted octanol–water partition coefficient (Wildman–Crippen LogP) is 5.15. The molecule has 2 aromatic carbocycles. The average Bonchev–Trinajstić information content (AvgIpc) is 2.85. The number of likely N-dealkylation sites (tertiary alicyclic amines) is 1. The third-order valence-electron chi connectivity index (χ3n) is 6.19. The summed E-state index contributed by atoms with van der Waals surface area (Å²) < 4.78 is 13.4. The number of aromatic nitrogens is 1. The molecular weight excluding hydrogens is 453 g/mol. The van der Waals surface area contributed by atoms with Gasteiger partial charge in [-0.1, -0.05) is 35.9 Å². The summed E-state index contributed by atoms with van der Waals surface area (Å²) in [6, 6.07) is 16.3. The van der Waals surface area contributed by atoms with Crippen molar-refractivity contribution in [2.45, 2.75) is 31.5 Å². The van der Waals surface area contributed by atoms with Crippen molar-refractivity contribution in [3.63, 3.8) is 0 Å². The van der Waals surface area contributed by atoms with Crippen molar-refractivity contribution in [1.29, 1.82) is 0 Å². The number of benzene rings is 2. The lowest BCUT2D eigenvalue weighted by Gasteiger charge is -2.35. The van der Waals surface area contributed by atoms with E-state index < -0.39 is 0 Å². The fourth-order valence-electron chi connectivity index (χ4n) is 4.28. The quantitative estimate of drug-likeness (QED) is 0.367. The summed E-state index contributed by atoms with van der Waals surface area (Å²) in [5, 5.41) is 10.3. The largest absolute Gasteiger partial charge is 0.380 e. The van der Waals surface area contributed by atoms with Gasteiger partial charge in [0.05, 0.1) is 22.9 Å². The minimum Gasteiger partial charge on any atom is -0.380 e. The Morgan fingerprint density at radius 3 is 2.71 bits per heavy atom.